The number of allylic oxidation sites excluding steroid dienone is 6. The molecule has 0 radical (unpaired) electrons. The normalized spacial score (nSPS) is 11.9. The summed E-state index contributed by atoms with van der Waals surface area (Å²) < 4.78 is 0. The number of nitrogens with zero attached hydrogens (tertiary/aromatic N) is 6. The Morgan fingerprint density at radius 2 is 1.20 bits per heavy atom. The highest BCUT2D eigenvalue weighted by Gasteiger charge is 2.15. The summed E-state index contributed by atoms with van der Waals surface area (Å²) in [7, 11) is 0. The van der Waals surface area contributed by atoms with E-state index in [1.54, 1.807) is 6.08 Å². The molecular weight excluding hydrogens is 625 g/mol. The molecule has 250 valence electrons. The van der Waals surface area contributed by atoms with E-state index in [0.717, 1.165) is 67.4 Å². The number of aromatic nitrogens is 5. The smallest absolute Gasteiger partial charge is 0.164 e. The third-order valence-electron chi connectivity index (χ3n) is 8.24. The van der Waals surface area contributed by atoms with Crippen molar-refractivity contribution >= 4 is 11.3 Å². The highest BCUT2D eigenvalue weighted by molar-refractivity contribution is 5.92. The zero-order chi connectivity index (χ0) is 35.6. The largest absolute Gasteiger partial charge is 0.285 e. The Morgan fingerprint density at radius 1 is 0.627 bits per heavy atom. The van der Waals surface area contributed by atoms with Crippen LogP contribution in [0.5, 0.6) is 0 Å². The maximum atomic E-state index is 5.04. The van der Waals surface area contributed by atoms with Crippen LogP contribution in [0.3, 0.4) is 0 Å². The molecule has 0 saturated heterocycles. The van der Waals surface area contributed by atoms with Gasteiger partial charge in [0.25, 0.3) is 0 Å². The Morgan fingerprint density at radius 3 is 1.76 bits per heavy atom. The van der Waals surface area contributed by atoms with Crippen LogP contribution in [0.15, 0.2) is 158 Å². The number of hydrogen-bond acceptors (Lipinski definition) is 6. The maximum Gasteiger partial charge on any atom is 0.164 e. The molecule has 6 aromatic rings. The van der Waals surface area contributed by atoms with E-state index < -0.39 is 0 Å². The molecule has 0 spiro atoms. The molecule has 0 aliphatic carbocycles. The van der Waals surface area contributed by atoms with Gasteiger partial charge in [0.05, 0.1) is 6.54 Å². The summed E-state index contributed by atoms with van der Waals surface area (Å²) in [5.74, 6) is 2.60. The van der Waals surface area contributed by atoms with Crippen LogP contribution in [0.25, 0.3) is 50.9 Å². The van der Waals surface area contributed by atoms with Gasteiger partial charge >= 0.3 is 0 Å². The number of rotatable bonds is 12. The molecule has 0 bridgehead atoms. The van der Waals surface area contributed by atoms with Gasteiger partial charge in [0.1, 0.15) is 5.82 Å². The molecule has 0 fully saturated rings. The molecule has 51 heavy (non-hydrogen) atoms. The summed E-state index contributed by atoms with van der Waals surface area (Å²) >= 11 is 0. The molecule has 6 nitrogen and oxygen atoms in total. The van der Waals surface area contributed by atoms with Crippen LogP contribution in [0.4, 0.5) is 0 Å². The molecular formula is C45H40N6. The van der Waals surface area contributed by atoms with Gasteiger partial charge in [-0.25, -0.2) is 24.9 Å². The van der Waals surface area contributed by atoms with Gasteiger partial charge in [0.15, 0.2) is 17.5 Å². The predicted octanol–water partition coefficient (Wildman–Crippen LogP) is 10.5. The van der Waals surface area contributed by atoms with E-state index in [1.165, 1.54) is 0 Å². The van der Waals surface area contributed by atoms with E-state index in [-0.39, 0.29) is 0 Å². The van der Waals surface area contributed by atoms with Crippen molar-refractivity contribution in [2.24, 2.45) is 4.99 Å². The summed E-state index contributed by atoms with van der Waals surface area (Å²) in [6, 6.07) is 37.0. The number of aryl methyl sites for hydroxylation is 2. The third-order valence-corrected chi connectivity index (χ3v) is 8.24. The van der Waals surface area contributed by atoms with Gasteiger partial charge in [-0.3, -0.25) is 4.99 Å². The Kier molecular flexibility index (Phi) is 11.0. The molecule has 0 unspecified atom stereocenters. The Hall–Kier alpha value is -6.40. The average Bonchev–Trinajstić information content (AvgIpc) is 3.16. The first-order valence-electron chi connectivity index (χ1n) is 16.9. The number of hydrogen-bond donors (Lipinski definition) is 0. The molecule has 0 aliphatic rings. The Bertz CT molecular complexity index is 2170. The van der Waals surface area contributed by atoms with Crippen LogP contribution < -0.4 is 0 Å². The highest BCUT2D eigenvalue weighted by atomic mass is 15.0. The van der Waals surface area contributed by atoms with E-state index in [0.29, 0.717) is 30.4 Å². The molecule has 0 aliphatic heterocycles. The summed E-state index contributed by atoms with van der Waals surface area (Å²) in [5.41, 5.74) is 10.8. The van der Waals surface area contributed by atoms with Crippen molar-refractivity contribution in [3.8, 4) is 45.3 Å². The van der Waals surface area contributed by atoms with Gasteiger partial charge in [0.2, 0.25) is 0 Å². The van der Waals surface area contributed by atoms with E-state index in [9.17, 15) is 0 Å². The van der Waals surface area contributed by atoms with Crippen LogP contribution in [0.2, 0.25) is 0 Å². The quantitative estimate of drug-likeness (QED) is 0.0961. The summed E-state index contributed by atoms with van der Waals surface area (Å²) in [4.78, 5) is 28.8. The minimum Gasteiger partial charge on any atom is -0.285 e. The molecule has 0 N–H and O–H groups in total. The first-order valence-corrected chi connectivity index (χ1v) is 16.9. The van der Waals surface area contributed by atoms with Gasteiger partial charge in [-0.2, -0.15) is 0 Å². The average molecular weight is 665 g/mol. The topological polar surface area (TPSA) is 76.8 Å². The lowest BCUT2D eigenvalue weighted by molar-refractivity contribution is 0.932. The first-order chi connectivity index (χ1) is 24.9. The second kappa shape index (κ2) is 16.3. The van der Waals surface area contributed by atoms with Crippen molar-refractivity contribution in [1.29, 1.82) is 0 Å². The van der Waals surface area contributed by atoms with Gasteiger partial charge < -0.3 is 0 Å². The number of aliphatic imine (C=N–C) groups is 1. The van der Waals surface area contributed by atoms with Crippen molar-refractivity contribution in [2.45, 2.75) is 33.7 Å². The molecule has 6 heteroatoms. The van der Waals surface area contributed by atoms with Crippen molar-refractivity contribution in [3.05, 3.63) is 181 Å². The van der Waals surface area contributed by atoms with Gasteiger partial charge in [-0.1, -0.05) is 122 Å². The lowest BCUT2D eigenvalue weighted by Gasteiger charge is -2.13. The lowest BCUT2D eigenvalue weighted by atomic mass is 9.94. The Labute approximate surface area is 300 Å². The molecule has 6 rings (SSSR count). The lowest BCUT2D eigenvalue weighted by Crippen LogP contribution is -2.01. The highest BCUT2D eigenvalue weighted by Crippen LogP contribution is 2.32. The fourth-order valence-corrected chi connectivity index (χ4v) is 5.67. The van der Waals surface area contributed by atoms with Crippen molar-refractivity contribution < 1.29 is 0 Å². The molecule has 0 amide bonds. The zero-order valence-electron chi connectivity index (χ0n) is 29.3. The van der Waals surface area contributed by atoms with E-state index >= 15 is 0 Å². The van der Waals surface area contributed by atoms with Crippen LogP contribution in [0, 0.1) is 13.8 Å². The van der Waals surface area contributed by atoms with E-state index in [1.807, 2.05) is 99.7 Å². The second-order valence-electron chi connectivity index (χ2n) is 12.2. The fraction of sp³-hybridized carbons (Fsp3) is 0.111. The van der Waals surface area contributed by atoms with Gasteiger partial charge in [0, 0.05) is 40.2 Å². The van der Waals surface area contributed by atoms with Crippen LogP contribution in [-0.4, -0.2) is 30.6 Å². The minimum atomic E-state index is 0.585. The standard InChI is InChI=1S/C45H40N6/c1-6-15-35(20-14-21-42-47-32(4)26-33(5)48-42)39-27-40(36-24-22-34(23-25-36)30-46-31(3)7-2)29-41(28-39)45-50-43(37-16-10-8-11-17-37)49-44(51-45)38-18-12-9-13-19-38/h6-20,22-29H,1-2,21,30H2,3-5H3/b20-14-,35-15+,46-31?. The Balaban J connectivity index is 1.48. The van der Waals surface area contributed by atoms with Crippen molar-refractivity contribution in [3.63, 3.8) is 0 Å². The minimum absolute atomic E-state index is 0.585. The van der Waals surface area contributed by atoms with Crippen molar-refractivity contribution in [1.82, 2.24) is 24.9 Å². The third kappa shape index (κ3) is 8.99. The molecule has 2 heterocycles. The van der Waals surface area contributed by atoms with Crippen LogP contribution >= 0.6 is 0 Å². The van der Waals surface area contributed by atoms with Gasteiger partial charge in [-0.05, 0) is 78.9 Å². The van der Waals surface area contributed by atoms with E-state index in [2.05, 4.69) is 82.7 Å². The fourth-order valence-electron chi connectivity index (χ4n) is 5.67. The first kappa shape index (κ1) is 34.5. The van der Waals surface area contributed by atoms with Crippen molar-refractivity contribution in [2.75, 3.05) is 0 Å². The summed E-state index contributed by atoms with van der Waals surface area (Å²) in [6.07, 6.45) is 10.4. The molecule has 2 aromatic heterocycles. The molecule has 4 aromatic carbocycles. The second-order valence-corrected chi connectivity index (χ2v) is 12.2. The molecule has 0 atom stereocenters. The van der Waals surface area contributed by atoms with E-state index in [4.69, 9.17) is 15.0 Å². The SMILES string of the molecule is C=C/C=C(\C=C/Cc1nc(C)cc(C)n1)c1cc(-c2ccc(CN=C(C)C=C)cc2)cc(-c2nc(-c3ccccc3)nc(-c3ccccc3)n2)c1. The maximum absolute atomic E-state index is 5.04. The zero-order valence-corrected chi connectivity index (χ0v) is 29.3. The van der Waals surface area contributed by atoms with Crippen LogP contribution in [0.1, 0.15) is 35.3 Å². The van der Waals surface area contributed by atoms with Gasteiger partial charge in [-0.15, -0.1) is 0 Å². The summed E-state index contributed by atoms with van der Waals surface area (Å²) in [5, 5.41) is 0. The number of benzene rings is 4. The van der Waals surface area contributed by atoms with Crippen LogP contribution in [-0.2, 0) is 13.0 Å². The predicted molar refractivity (Wildman–Crippen MR) is 211 cm³/mol. The summed E-state index contributed by atoms with van der Waals surface area (Å²) in [6.45, 7) is 14.4. The monoisotopic (exact) mass is 664 g/mol. The molecule has 0 saturated carbocycles.